The van der Waals surface area contributed by atoms with E-state index in [2.05, 4.69) is 41.5 Å². The summed E-state index contributed by atoms with van der Waals surface area (Å²) in [5, 5.41) is 0. The molecule has 0 bridgehead atoms. The Labute approximate surface area is 204 Å². The average Bonchev–Trinajstić information content (AvgIpc) is 3.34. The van der Waals surface area contributed by atoms with Gasteiger partial charge < -0.3 is 0 Å². The molecule has 2 aliphatic carbocycles. The Hall–Kier alpha value is 0. The molecule has 2 aliphatic rings. The molecule has 0 aromatic heterocycles. The predicted octanol–water partition coefficient (Wildman–Crippen LogP) is 11.2. The normalized spacial score (nSPS) is 23.3. The molecule has 0 nitrogen and oxygen atoms in total. The van der Waals surface area contributed by atoms with Crippen LogP contribution in [0, 0.1) is 40.9 Å². The van der Waals surface area contributed by atoms with Crippen LogP contribution in [0.1, 0.15) is 164 Å². The van der Waals surface area contributed by atoms with Crippen molar-refractivity contribution >= 4 is 0 Å². The molecule has 0 aliphatic heterocycles. The van der Waals surface area contributed by atoms with Gasteiger partial charge in [0.2, 0.25) is 0 Å². The van der Waals surface area contributed by atoms with Crippen molar-refractivity contribution < 1.29 is 0 Å². The molecule has 0 heteroatoms. The van der Waals surface area contributed by atoms with Crippen molar-refractivity contribution in [1.82, 2.24) is 0 Å². The van der Waals surface area contributed by atoms with Crippen molar-refractivity contribution in [2.24, 2.45) is 40.9 Å². The smallest absolute Gasteiger partial charge is 0.0238 e. The van der Waals surface area contributed by atoms with E-state index in [1.165, 1.54) is 89.9 Å². The van der Waals surface area contributed by atoms with Crippen LogP contribution in [0.25, 0.3) is 0 Å². The second-order valence-corrected chi connectivity index (χ2v) is 12.9. The van der Waals surface area contributed by atoms with Gasteiger partial charge in [-0.25, -0.2) is 0 Å². The molecule has 190 valence electrons. The molecular weight excluding hydrogens is 384 g/mol. The molecule has 4 unspecified atom stereocenters. The third-order valence-electron chi connectivity index (χ3n) is 9.92. The van der Waals surface area contributed by atoms with Crippen LogP contribution in [0.5, 0.6) is 0 Å². The van der Waals surface area contributed by atoms with Crippen molar-refractivity contribution in [3.05, 3.63) is 0 Å². The van der Waals surface area contributed by atoms with E-state index in [0.29, 0.717) is 5.41 Å². The molecule has 0 spiro atoms. The lowest BCUT2D eigenvalue weighted by molar-refractivity contribution is -0.0295. The molecule has 2 saturated carbocycles. The van der Waals surface area contributed by atoms with Crippen molar-refractivity contribution in [2.75, 3.05) is 0 Å². The van der Waals surface area contributed by atoms with Crippen LogP contribution in [0.3, 0.4) is 0 Å². The van der Waals surface area contributed by atoms with E-state index in [-0.39, 0.29) is 0 Å². The van der Waals surface area contributed by atoms with Gasteiger partial charge in [-0.3, -0.25) is 0 Å². The van der Waals surface area contributed by atoms with E-state index in [0.717, 1.165) is 35.5 Å². The third-order valence-corrected chi connectivity index (χ3v) is 9.92. The maximum absolute atomic E-state index is 2.60. The van der Waals surface area contributed by atoms with Gasteiger partial charge in [-0.05, 0) is 85.9 Å². The van der Waals surface area contributed by atoms with Gasteiger partial charge in [0.25, 0.3) is 0 Å². The summed E-state index contributed by atoms with van der Waals surface area (Å²) < 4.78 is 0. The summed E-state index contributed by atoms with van der Waals surface area (Å²) in [7, 11) is 0. The lowest BCUT2D eigenvalue weighted by Gasteiger charge is -2.52. The maximum atomic E-state index is 2.60. The quantitative estimate of drug-likeness (QED) is 0.221. The fraction of sp³-hybridized carbons (Fsp3) is 1.00. The first-order valence-electron chi connectivity index (χ1n) is 15.5. The maximum Gasteiger partial charge on any atom is -0.0238 e. The Balaban J connectivity index is 2.35. The molecule has 2 fully saturated rings. The first-order valence-corrected chi connectivity index (χ1v) is 15.5. The second kappa shape index (κ2) is 15.1. The zero-order chi connectivity index (χ0) is 23.4. The minimum atomic E-state index is 0.692. The molecule has 32 heavy (non-hydrogen) atoms. The summed E-state index contributed by atoms with van der Waals surface area (Å²) in [5.41, 5.74) is 0.692. The standard InChI is InChI=1S/C32H62/c1-7-10-17-27(6)24-29(25-28(9-3)18-11-8-2)31(23-26(4)5)32(21-15-12-16-22-32)30-19-13-14-20-30/h26-31H,7-25H2,1-6H3. The highest BCUT2D eigenvalue weighted by Gasteiger charge is 2.49. The predicted molar refractivity (Wildman–Crippen MR) is 145 cm³/mol. The highest BCUT2D eigenvalue weighted by Crippen LogP contribution is 2.58. The van der Waals surface area contributed by atoms with Gasteiger partial charge in [0, 0.05) is 0 Å². The van der Waals surface area contributed by atoms with Crippen LogP contribution in [-0.4, -0.2) is 0 Å². The van der Waals surface area contributed by atoms with E-state index in [9.17, 15) is 0 Å². The number of unbranched alkanes of at least 4 members (excludes halogenated alkanes) is 2. The summed E-state index contributed by atoms with van der Waals surface area (Å²) in [6.07, 6.45) is 28.4. The van der Waals surface area contributed by atoms with Crippen LogP contribution in [0.4, 0.5) is 0 Å². The first-order chi connectivity index (χ1) is 15.5. The van der Waals surface area contributed by atoms with E-state index in [1.54, 1.807) is 32.1 Å². The molecule has 4 atom stereocenters. The minimum Gasteiger partial charge on any atom is -0.0654 e. The largest absolute Gasteiger partial charge is 0.0654 e. The first kappa shape index (κ1) is 28.2. The molecule has 0 heterocycles. The molecule has 0 amide bonds. The second-order valence-electron chi connectivity index (χ2n) is 12.9. The molecule has 0 radical (unpaired) electrons. The van der Waals surface area contributed by atoms with Crippen molar-refractivity contribution in [3.8, 4) is 0 Å². The van der Waals surface area contributed by atoms with Crippen LogP contribution in [0.2, 0.25) is 0 Å². The monoisotopic (exact) mass is 446 g/mol. The molecule has 2 rings (SSSR count). The Bertz CT molecular complexity index is 451. The van der Waals surface area contributed by atoms with E-state index in [1.807, 2.05) is 0 Å². The highest BCUT2D eigenvalue weighted by atomic mass is 14.5. The SMILES string of the molecule is CCCCC(C)CC(CC(CC)CCCC)C(CC(C)C)C1(C2CCCC2)CCCCC1. The summed E-state index contributed by atoms with van der Waals surface area (Å²) in [5.74, 6) is 5.76. The van der Waals surface area contributed by atoms with Crippen molar-refractivity contribution in [1.29, 1.82) is 0 Å². The van der Waals surface area contributed by atoms with Crippen LogP contribution >= 0.6 is 0 Å². The van der Waals surface area contributed by atoms with Gasteiger partial charge in [-0.1, -0.05) is 119 Å². The zero-order valence-corrected chi connectivity index (χ0v) is 23.4. The van der Waals surface area contributed by atoms with Gasteiger partial charge in [0.05, 0.1) is 0 Å². The summed E-state index contributed by atoms with van der Waals surface area (Å²) in [4.78, 5) is 0. The fourth-order valence-corrected chi connectivity index (χ4v) is 8.22. The van der Waals surface area contributed by atoms with E-state index < -0.39 is 0 Å². The lowest BCUT2D eigenvalue weighted by Crippen LogP contribution is -2.44. The lowest BCUT2D eigenvalue weighted by atomic mass is 9.52. The molecule has 0 N–H and O–H groups in total. The summed E-state index contributed by atoms with van der Waals surface area (Å²) in [6.45, 7) is 14.9. The number of rotatable bonds is 16. The number of hydrogen-bond acceptors (Lipinski definition) is 0. The molecule has 0 saturated heterocycles. The van der Waals surface area contributed by atoms with Crippen molar-refractivity contribution in [3.63, 3.8) is 0 Å². The third kappa shape index (κ3) is 8.34. The topological polar surface area (TPSA) is 0 Å². The summed E-state index contributed by atoms with van der Waals surface area (Å²) >= 11 is 0. The highest BCUT2D eigenvalue weighted by molar-refractivity contribution is 4.99. The minimum absolute atomic E-state index is 0.692. The van der Waals surface area contributed by atoms with Crippen molar-refractivity contribution in [2.45, 2.75) is 164 Å². The Morgan fingerprint density at radius 1 is 0.719 bits per heavy atom. The van der Waals surface area contributed by atoms with Gasteiger partial charge in [0.15, 0.2) is 0 Å². The van der Waals surface area contributed by atoms with Gasteiger partial charge in [-0.15, -0.1) is 0 Å². The van der Waals surface area contributed by atoms with Gasteiger partial charge >= 0.3 is 0 Å². The van der Waals surface area contributed by atoms with E-state index in [4.69, 9.17) is 0 Å². The molecular formula is C32H62. The Kier molecular flexibility index (Phi) is 13.3. The van der Waals surface area contributed by atoms with Crippen LogP contribution in [-0.2, 0) is 0 Å². The van der Waals surface area contributed by atoms with Gasteiger partial charge in [-0.2, -0.15) is 0 Å². The Morgan fingerprint density at radius 3 is 1.91 bits per heavy atom. The molecule has 0 aromatic rings. The zero-order valence-electron chi connectivity index (χ0n) is 23.4. The Morgan fingerprint density at radius 2 is 1.34 bits per heavy atom. The fourth-order valence-electron chi connectivity index (χ4n) is 8.22. The molecule has 0 aromatic carbocycles. The number of hydrogen-bond donors (Lipinski definition) is 0. The average molecular weight is 447 g/mol. The van der Waals surface area contributed by atoms with Crippen LogP contribution < -0.4 is 0 Å². The van der Waals surface area contributed by atoms with E-state index >= 15 is 0 Å². The summed E-state index contributed by atoms with van der Waals surface area (Å²) in [6, 6.07) is 0. The van der Waals surface area contributed by atoms with Crippen LogP contribution in [0.15, 0.2) is 0 Å². The van der Waals surface area contributed by atoms with Gasteiger partial charge in [0.1, 0.15) is 0 Å².